The number of hydrogen-bond acceptors (Lipinski definition) is 0. The number of alkyl halides is 2. The van der Waals surface area contributed by atoms with Gasteiger partial charge in [-0.3, -0.25) is 0 Å². The second kappa shape index (κ2) is 8.37. The summed E-state index contributed by atoms with van der Waals surface area (Å²) in [5.41, 5.74) is 7.70. The van der Waals surface area contributed by atoms with Gasteiger partial charge < -0.3 is 0 Å². The van der Waals surface area contributed by atoms with Crippen LogP contribution in [-0.4, -0.2) is 0 Å². The Morgan fingerprint density at radius 3 is 1.23 bits per heavy atom. The van der Waals surface area contributed by atoms with Crippen LogP contribution in [0.4, 0.5) is 0 Å². The minimum absolute atomic E-state index is 0.818. The highest BCUT2D eigenvalue weighted by Gasteiger charge is 2.13. The number of fused-ring (bicyclic) bond motifs is 2. The molecule has 0 amide bonds. The molecule has 0 fully saturated rings. The molecule has 2 heteroatoms. The van der Waals surface area contributed by atoms with Crippen LogP contribution >= 0.6 is 31.9 Å². The van der Waals surface area contributed by atoms with Crippen molar-refractivity contribution < 1.29 is 0 Å². The van der Waals surface area contributed by atoms with Crippen molar-refractivity contribution in [2.24, 2.45) is 0 Å². The molecule has 0 heterocycles. The summed E-state index contributed by atoms with van der Waals surface area (Å²) in [4.78, 5) is 0. The van der Waals surface area contributed by atoms with Gasteiger partial charge in [0.15, 0.2) is 0 Å². The molecule has 0 saturated heterocycles. The molecule has 0 bridgehead atoms. The van der Waals surface area contributed by atoms with Crippen LogP contribution in [0.5, 0.6) is 0 Å². The molecular weight excluding hydrogens is 496 g/mol. The third kappa shape index (κ3) is 3.59. The van der Waals surface area contributed by atoms with E-state index in [9.17, 15) is 0 Å². The van der Waals surface area contributed by atoms with Crippen molar-refractivity contribution >= 4 is 53.4 Å². The van der Waals surface area contributed by atoms with Gasteiger partial charge in [-0.2, -0.15) is 0 Å². The zero-order chi connectivity index (χ0) is 20.5. The van der Waals surface area contributed by atoms with Gasteiger partial charge in [0.2, 0.25) is 0 Å². The van der Waals surface area contributed by atoms with Crippen LogP contribution in [0.1, 0.15) is 11.1 Å². The average Bonchev–Trinajstić information content (AvgIpc) is 2.82. The number of benzene rings is 5. The van der Waals surface area contributed by atoms with Crippen molar-refractivity contribution in [3.05, 3.63) is 108 Å². The Labute approximate surface area is 193 Å². The van der Waals surface area contributed by atoms with Crippen LogP contribution < -0.4 is 0 Å². The maximum absolute atomic E-state index is 3.74. The summed E-state index contributed by atoms with van der Waals surface area (Å²) < 4.78 is 0. The smallest absolute Gasteiger partial charge is 0.0289 e. The van der Waals surface area contributed by atoms with Crippen molar-refractivity contribution in [1.82, 2.24) is 0 Å². The Kier molecular flexibility index (Phi) is 5.45. The zero-order valence-electron chi connectivity index (χ0n) is 16.4. The van der Waals surface area contributed by atoms with Crippen molar-refractivity contribution in [2.75, 3.05) is 0 Å². The number of halogens is 2. The third-order valence-corrected chi connectivity index (χ3v) is 6.95. The monoisotopic (exact) mass is 514 g/mol. The van der Waals surface area contributed by atoms with Gasteiger partial charge in [-0.25, -0.2) is 0 Å². The Balaban J connectivity index is 1.68. The summed E-state index contributed by atoms with van der Waals surface area (Å²) in [6.45, 7) is 0. The summed E-state index contributed by atoms with van der Waals surface area (Å²) in [6.07, 6.45) is 0. The topological polar surface area (TPSA) is 0 Å². The van der Waals surface area contributed by atoms with Crippen LogP contribution in [-0.2, 0) is 10.7 Å². The molecule has 0 saturated carbocycles. The van der Waals surface area contributed by atoms with E-state index in [4.69, 9.17) is 0 Å². The fourth-order valence-corrected chi connectivity index (χ4v) is 5.09. The van der Waals surface area contributed by atoms with Gasteiger partial charge >= 0.3 is 0 Å². The number of hydrogen-bond donors (Lipinski definition) is 0. The van der Waals surface area contributed by atoms with E-state index in [0.717, 1.165) is 10.7 Å². The first kappa shape index (κ1) is 19.5. The largest absolute Gasteiger partial charge is 0.0876 e. The molecule has 0 radical (unpaired) electrons. The molecule has 0 N–H and O–H groups in total. The number of rotatable bonds is 4. The van der Waals surface area contributed by atoms with E-state index >= 15 is 0 Å². The SMILES string of the molecule is BrCc1cc(-c2ccc3ccccc3c2)c(CBr)cc1-c1ccc2ccccc2c1. The molecule has 0 aliphatic carbocycles. The Morgan fingerprint density at radius 1 is 0.433 bits per heavy atom. The molecule has 0 spiro atoms. The van der Waals surface area contributed by atoms with E-state index in [0.29, 0.717) is 0 Å². The van der Waals surface area contributed by atoms with E-state index < -0.39 is 0 Å². The highest BCUT2D eigenvalue weighted by Crippen LogP contribution is 2.36. The third-order valence-electron chi connectivity index (χ3n) is 5.74. The molecule has 0 atom stereocenters. The van der Waals surface area contributed by atoms with Crippen LogP contribution in [0.2, 0.25) is 0 Å². The molecule has 5 aromatic rings. The molecular formula is C28H20Br2. The Hall–Kier alpha value is -2.42. The first-order valence-corrected chi connectivity index (χ1v) is 12.3. The molecule has 0 unspecified atom stereocenters. The van der Waals surface area contributed by atoms with Gasteiger partial charge in [0.25, 0.3) is 0 Å². The van der Waals surface area contributed by atoms with E-state index in [1.54, 1.807) is 0 Å². The van der Waals surface area contributed by atoms with Gasteiger partial charge in [0, 0.05) is 10.7 Å². The summed E-state index contributed by atoms with van der Waals surface area (Å²) in [6, 6.07) is 35.3. The summed E-state index contributed by atoms with van der Waals surface area (Å²) >= 11 is 7.47. The second-order valence-electron chi connectivity index (χ2n) is 7.56. The summed E-state index contributed by atoms with van der Waals surface area (Å²) in [5.74, 6) is 0. The molecule has 5 rings (SSSR count). The molecule has 5 aromatic carbocycles. The normalized spacial score (nSPS) is 11.3. The van der Waals surface area contributed by atoms with E-state index in [1.807, 2.05) is 0 Å². The predicted molar refractivity (Wildman–Crippen MR) is 138 cm³/mol. The Bertz CT molecular complexity index is 1260. The quantitative estimate of drug-likeness (QED) is 0.209. The molecule has 30 heavy (non-hydrogen) atoms. The van der Waals surface area contributed by atoms with Crippen molar-refractivity contribution in [1.29, 1.82) is 0 Å². The minimum Gasteiger partial charge on any atom is -0.0876 e. The van der Waals surface area contributed by atoms with Crippen LogP contribution in [0.3, 0.4) is 0 Å². The summed E-state index contributed by atoms with van der Waals surface area (Å²) in [7, 11) is 0. The zero-order valence-corrected chi connectivity index (χ0v) is 19.6. The molecule has 0 aromatic heterocycles. The Morgan fingerprint density at radius 2 is 0.833 bits per heavy atom. The first-order valence-electron chi connectivity index (χ1n) is 10.0. The maximum atomic E-state index is 3.74. The van der Waals surface area contributed by atoms with E-state index in [-0.39, 0.29) is 0 Å². The maximum Gasteiger partial charge on any atom is 0.0289 e. The van der Waals surface area contributed by atoms with E-state index in [1.165, 1.54) is 54.9 Å². The predicted octanol–water partition coefficient (Wildman–Crippen LogP) is 9.12. The molecule has 0 nitrogen and oxygen atoms in total. The lowest BCUT2D eigenvalue weighted by Gasteiger charge is -2.16. The van der Waals surface area contributed by atoms with Crippen molar-refractivity contribution in [2.45, 2.75) is 10.7 Å². The first-order chi connectivity index (χ1) is 14.8. The van der Waals surface area contributed by atoms with Crippen LogP contribution in [0, 0.1) is 0 Å². The van der Waals surface area contributed by atoms with Gasteiger partial charge in [-0.15, -0.1) is 0 Å². The standard InChI is InChI=1S/C28H20Br2/c29-17-25-16-28(24-12-10-20-6-2-4-8-22(20)14-24)26(18-30)15-27(25)23-11-9-19-5-1-3-7-21(19)13-23/h1-16H,17-18H2. The molecule has 0 aliphatic heterocycles. The van der Waals surface area contributed by atoms with E-state index in [2.05, 4.69) is 129 Å². The minimum atomic E-state index is 0.818. The van der Waals surface area contributed by atoms with Crippen LogP contribution in [0.25, 0.3) is 43.8 Å². The summed E-state index contributed by atoms with van der Waals surface area (Å²) in [5, 5.41) is 6.73. The van der Waals surface area contributed by atoms with Crippen LogP contribution in [0.15, 0.2) is 97.1 Å². The van der Waals surface area contributed by atoms with Gasteiger partial charge in [0.05, 0.1) is 0 Å². The van der Waals surface area contributed by atoms with Gasteiger partial charge in [-0.05, 0) is 79.2 Å². The lowest BCUT2D eigenvalue weighted by molar-refractivity contribution is 1.36. The molecule has 0 aliphatic rings. The second-order valence-corrected chi connectivity index (χ2v) is 8.68. The van der Waals surface area contributed by atoms with Gasteiger partial charge in [0.1, 0.15) is 0 Å². The lowest BCUT2D eigenvalue weighted by atomic mass is 9.90. The van der Waals surface area contributed by atoms with Crippen molar-refractivity contribution in [3.63, 3.8) is 0 Å². The highest BCUT2D eigenvalue weighted by atomic mass is 79.9. The fourth-order valence-electron chi connectivity index (χ4n) is 4.16. The van der Waals surface area contributed by atoms with Gasteiger partial charge in [-0.1, -0.05) is 105 Å². The average molecular weight is 516 g/mol. The highest BCUT2D eigenvalue weighted by molar-refractivity contribution is 9.08. The lowest BCUT2D eigenvalue weighted by Crippen LogP contribution is -1.94. The van der Waals surface area contributed by atoms with Crippen molar-refractivity contribution in [3.8, 4) is 22.3 Å². The molecule has 146 valence electrons. The fraction of sp³-hybridized carbons (Fsp3) is 0.0714.